The van der Waals surface area contributed by atoms with Gasteiger partial charge in [0.2, 0.25) is 0 Å². The van der Waals surface area contributed by atoms with Crippen molar-refractivity contribution in [3.8, 4) is 5.75 Å². The van der Waals surface area contributed by atoms with Crippen LogP contribution in [0, 0.1) is 20.8 Å². The minimum absolute atomic E-state index is 0.137. The molecule has 0 aliphatic heterocycles. The molecule has 0 unspecified atom stereocenters. The highest BCUT2D eigenvalue weighted by Gasteiger charge is 2.16. The van der Waals surface area contributed by atoms with Crippen LogP contribution in [0.4, 0.5) is 11.4 Å². The molecule has 5 nitrogen and oxygen atoms in total. The Morgan fingerprint density at radius 3 is 2.14 bits per heavy atom. The first-order chi connectivity index (χ1) is 13.3. The number of nitrogens with zero attached hydrogens (tertiary/aromatic N) is 1. The molecule has 0 heterocycles. The van der Waals surface area contributed by atoms with Gasteiger partial charge in [-0.05, 0) is 68.3 Å². The van der Waals surface area contributed by atoms with Gasteiger partial charge in [0.05, 0.1) is 16.3 Å². The number of anilines is 1. The second-order valence-electron chi connectivity index (χ2n) is 6.69. The van der Waals surface area contributed by atoms with E-state index in [4.69, 9.17) is 0 Å². The van der Waals surface area contributed by atoms with E-state index in [-0.39, 0.29) is 10.6 Å². The highest BCUT2D eigenvalue weighted by molar-refractivity contribution is 7.92. The Balaban J connectivity index is 1.82. The minimum atomic E-state index is -3.70. The molecule has 0 aliphatic carbocycles. The fraction of sp³-hybridized carbons (Fsp3) is 0.136. The molecular formula is C22H22N2O3S. The Kier molecular flexibility index (Phi) is 5.51. The van der Waals surface area contributed by atoms with E-state index in [1.807, 2.05) is 32.9 Å². The Bertz CT molecular complexity index is 1110. The number of phenols is 1. The predicted molar refractivity (Wildman–Crippen MR) is 113 cm³/mol. The summed E-state index contributed by atoms with van der Waals surface area (Å²) in [5.74, 6) is 0.137. The van der Waals surface area contributed by atoms with Crippen molar-refractivity contribution in [3.63, 3.8) is 0 Å². The normalized spacial score (nSPS) is 11.7. The number of phenolic OH excluding ortho intramolecular Hbond substituents is 1. The number of benzene rings is 3. The average Bonchev–Trinajstić information content (AvgIpc) is 2.64. The largest absolute Gasteiger partial charge is 0.507 e. The first-order valence-electron chi connectivity index (χ1n) is 8.79. The number of nitrogens with one attached hydrogen (secondary N) is 1. The highest BCUT2D eigenvalue weighted by Crippen LogP contribution is 2.26. The van der Waals surface area contributed by atoms with Crippen LogP contribution in [0.2, 0.25) is 0 Å². The summed E-state index contributed by atoms with van der Waals surface area (Å²) >= 11 is 0. The standard InChI is InChI=1S/C22H22N2O3S/c1-15-12-16(2)22(17(3)13-15)24-28(26,27)20-10-8-19(9-11-20)23-14-18-6-4-5-7-21(18)25/h4-14,24-25H,1-3H3. The number of aryl methyl sites for hydroxylation is 3. The van der Waals surface area contributed by atoms with Gasteiger partial charge >= 0.3 is 0 Å². The maximum Gasteiger partial charge on any atom is 0.261 e. The second-order valence-corrected chi connectivity index (χ2v) is 8.37. The van der Waals surface area contributed by atoms with Gasteiger partial charge in [-0.15, -0.1) is 0 Å². The van der Waals surface area contributed by atoms with Crippen LogP contribution in [0.1, 0.15) is 22.3 Å². The summed E-state index contributed by atoms with van der Waals surface area (Å²) < 4.78 is 28.2. The summed E-state index contributed by atoms with van der Waals surface area (Å²) in [5.41, 5.74) is 4.63. The van der Waals surface area contributed by atoms with Crippen molar-refractivity contribution >= 4 is 27.6 Å². The van der Waals surface area contributed by atoms with Crippen molar-refractivity contribution in [1.29, 1.82) is 0 Å². The van der Waals surface area contributed by atoms with Crippen LogP contribution in [-0.2, 0) is 10.0 Å². The van der Waals surface area contributed by atoms with Crippen LogP contribution in [0.5, 0.6) is 5.75 Å². The van der Waals surface area contributed by atoms with Gasteiger partial charge in [-0.25, -0.2) is 8.42 Å². The molecule has 0 bridgehead atoms. The third kappa shape index (κ3) is 4.40. The van der Waals surface area contributed by atoms with Crippen LogP contribution in [0.3, 0.4) is 0 Å². The lowest BCUT2D eigenvalue weighted by Gasteiger charge is -2.14. The zero-order valence-corrected chi connectivity index (χ0v) is 16.8. The van der Waals surface area contributed by atoms with Crippen molar-refractivity contribution in [2.45, 2.75) is 25.7 Å². The third-order valence-corrected chi connectivity index (χ3v) is 5.72. The van der Waals surface area contributed by atoms with Gasteiger partial charge < -0.3 is 5.11 Å². The lowest BCUT2D eigenvalue weighted by atomic mass is 10.1. The molecule has 2 N–H and O–H groups in total. The fourth-order valence-corrected chi connectivity index (χ4v) is 4.19. The number of hydrogen-bond donors (Lipinski definition) is 2. The van der Waals surface area contributed by atoms with Crippen LogP contribution in [0.15, 0.2) is 70.6 Å². The van der Waals surface area contributed by atoms with Crippen molar-refractivity contribution < 1.29 is 13.5 Å². The smallest absolute Gasteiger partial charge is 0.261 e. The van der Waals surface area contributed by atoms with Crippen molar-refractivity contribution in [2.75, 3.05) is 4.72 Å². The van der Waals surface area contributed by atoms with Gasteiger partial charge in [0.25, 0.3) is 10.0 Å². The summed E-state index contributed by atoms with van der Waals surface area (Å²) in [6, 6.07) is 17.0. The molecule has 0 atom stereocenters. The minimum Gasteiger partial charge on any atom is -0.507 e. The summed E-state index contributed by atoms with van der Waals surface area (Å²) in [4.78, 5) is 4.44. The number of hydrogen-bond acceptors (Lipinski definition) is 4. The van der Waals surface area contributed by atoms with E-state index in [9.17, 15) is 13.5 Å². The van der Waals surface area contributed by atoms with Crippen LogP contribution in [-0.4, -0.2) is 19.7 Å². The summed E-state index contributed by atoms with van der Waals surface area (Å²) in [6.07, 6.45) is 1.54. The summed E-state index contributed by atoms with van der Waals surface area (Å²) in [7, 11) is -3.70. The van der Waals surface area contributed by atoms with Gasteiger partial charge in [-0.3, -0.25) is 9.71 Å². The lowest BCUT2D eigenvalue weighted by Crippen LogP contribution is -2.14. The molecule has 0 amide bonds. The quantitative estimate of drug-likeness (QED) is 0.606. The Hall–Kier alpha value is -3.12. The molecule has 28 heavy (non-hydrogen) atoms. The third-order valence-electron chi connectivity index (χ3n) is 4.35. The molecule has 0 saturated heterocycles. The monoisotopic (exact) mass is 394 g/mol. The van der Waals surface area contributed by atoms with E-state index in [1.54, 1.807) is 36.4 Å². The van der Waals surface area contributed by atoms with Crippen LogP contribution in [0.25, 0.3) is 0 Å². The number of aliphatic imine (C=N–C) groups is 1. The average molecular weight is 394 g/mol. The highest BCUT2D eigenvalue weighted by atomic mass is 32.2. The fourth-order valence-electron chi connectivity index (χ4n) is 2.99. The van der Waals surface area contributed by atoms with Gasteiger partial charge in [0.1, 0.15) is 5.75 Å². The number of rotatable bonds is 5. The zero-order valence-electron chi connectivity index (χ0n) is 16.0. The van der Waals surface area contributed by atoms with Gasteiger partial charge in [0.15, 0.2) is 0 Å². The molecule has 0 saturated carbocycles. The van der Waals surface area contributed by atoms with Crippen molar-refractivity contribution in [1.82, 2.24) is 0 Å². The molecular weight excluding hydrogens is 372 g/mol. The van der Waals surface area contributed by atoms with Gasteiger partial charge in [-0.1, -0.05) is 29.8 Å². The van der Waals surface area contributed by atoms with E-state index in [0.29, 0.717) is 16.9 Å². The molecule has 3 aromatic carbocycles. The maximum atomic E-state index is 12.7. The van der Waals surface area contributed by atoms with E-state index >= 15 is 0 Å². The lowest BCUT2D eigenvalue weighted by molar-refractivity contribution is 0.474. The number of aromatic hydroxyl groups is 1. The molecule has 0 aliphatic rings. The van der Waals surface area contributed by atoms with E-state index in [1.165, 1.54) is 18.3 Å². The first-order valence-corrected chi connectivity index (χ1v) is 10.3. The molecule has 3 aromatic rings. The first kappa shape index (κ1) is 19.6. The SMILES string of the molecule is Cc1cc(C)c(NS(=O)(=O)c2ccc(N=Cc3ccccc3O)cc2)c(C)c1. The van der Waals surface area contributed by atoms with Crippen molar-refractivity contribution in [2.24, 2.45) is 4.99 Å². The molecule has 144 valence electrons. The molecule has 0 spiro atoms. The Morgan fingerprint density at radius 1 is 0.929 bits per heavy atom. The van der Waals surface area contributed by atoms with Gasteiger partial charge in [0, 0.05) is 11.8 Å². The topological polar surface area (TPSA) is 78.8 Å². The second kappa shape index (κ2) is 7.86. The summed E-state index contributed by atoms with van der Waals surface area (Å²) in [6.45, 7) is 5.75. The molecule has 0 aromatic heterocycles. The predicted octanol–water partition coefficient (Wildman–Crippen LogP) is 4.87. The van der Waals surface area contributed by atoms with Gasteiger partial charge in [-0.2, -0.15) is 0 Å². The number of para-hydroxylation sites is 1. The molecule has 6 heteroatoms. The van der Waals surface area contributed by atoms with E-state index < -0.39 is 10.0 Å². The Morgan fingerprint density at radius 2 is 1.54 bits per heavy atom. The van der Waals surface area contributed by atoms with Crippen molar-refractivity contribution in [3.05, 3.63) is 82.9 Å². The van der Waals surface area contributed by atoms with E-state index in [0.717, 1.165) is 16.7 Å². The summed E-state index contributed by atoms with van der Waals surface area (Å²) in [5, 5.41) is 9.76. The zero-order chi connectivity index (χ0) is 20.3. The van der Waals surface area contributed by atoms with E-state index in [2.05, 4.69) is 9.71 Å². The van der Waals surface area contributed by atoms with Crippen LogP contribution < -0.4 is 4.72 Å². The maximum absolute atomic E-state index is 12.7. The molecule has 0 radical (unpaired) electrons. The Labute approximate surface area is 165 Å². The molecule has 0 fully saturated rings. The number of sulfonamides is 1. The molecule has 3 rings (SSSR count). The van der Waals surface area contributed by atoms with Crippen LogP contribution >= 0.6 is 0 Å².